The number of unbranched alkanes of at least 4 members (excludes halogenated alkanes) is 1. The van der Waals surface area contributed by atoms with E-state index in [1.807, 2.05) is 5.32 Å². The first kappa shape index (κ1) is 41.5. The summed E-state index contributed by atoms with van der Waals surface area (Å²) in [7, 11) is 0. The highest BCUT2D eigenvalue weighted by Crippen LogP contribution is 2.16. The van der Waals surface area contributed by atoms with Crippen molar-refractivity contribution in [2.24, 2.45) is 0 Å². The van der Waals surface area contributed by atoms with Gasteiger partial charge in [-0.25, -0.2) is 19.1 Å². The molecule has 280 valence electrons. The van der Waals surface area contributed by atoms with Crippen molar-refractivity contribution < 1.29 is 68.2 Å². The van der Waals surface area contributed by atoms with E-state index in [0.717, 1.165) is 0 Å². The maximum absolute atomic E-state index is 13.2. The van der Waals surface area contributed by atoms with Crippen LogP contribution in [-0.2, 0) is 30.3 Å². The number of rotatable bonds is 24. The van der Waals surface area contributed by atoms with Crippen LogP contribution < -0.4 is 21.3 Å². The smallest absolute Gasteiger partial charge is 0.326 e. The maximum Gasteiger partial charge on any atom is 0.326 e. The van der Waals surface area contributed by atoms with Gasteiger partial charge in [-0.15, -0.1) is 5.10 Å². The van der Waals surface area contributed by atoms with E-state index in [1.54, 1.807) is 0 Å². The number of hydrogen-bond donors (Lipinski definition) is 9. The van der Waals surface area contributed by atoms with Crippen molar-refractivity contribution in [2.75, 3.05) is 20.0 Å². The molecule has 0 aliphatic rings. The summed E-state index contributed by atoms with van der Waals surface area (Å²) in [6, 6.07) is -0.101. The Hall–Kier alpha value is -5.70. The zero-order chi connectivity index (χ0) is 37.9. The number of nitrogens with zero attached hydrogens (tertiary/aromatic N) is 3. The van der Waals surface area contributed by atoms with Crippen LogP contribution in [0.1, 0.15) is 77.8 Å². The summed E-state index contributed by atoms with van der Waals surface area (Å²) in [6.45, 7) is -1.36. The largest absolute Gasteiger partial charge is 0.481 e. The van der Waals surface area contributed by atoms with Gasteiger partial charge in [-0.05, 0) is 56.7 Å². The molecule has 0 bridgehead atoms. The average molecular weight is 726 g/mol. The van der Waals surface area contributed by atoms with E-state index in [9.17, 15) is 48.2 Å². The number of alkyl halides is 1. The molecule has 20 nitrogen and oxygen atoms in total. The first-order chi connectivity index (χ1) is 24.2. The number of ether oxygens (including phenoxy) is 1. The molecule has 4 amide bonds. The number of aryl methyl sites for hydroxylation is 1. The van der Waals surface area contributed by atoms with E-state index < -0.39 is 86.3 Å². The van der Waals surface area contributed by atoms with Crippen molar-refractivity contribution in [1.82, 2.24) is 36.3 Å². The highest BCUT2D eigenvalue weighted by molar-refractivity contribution is 6.00. The second-order valence-corrected chi connectivity index (χ2v) is 11.0. The molecule has 0 aliphatic heterocycles. The Bertz CT molecular complexity index is 1540. The van der Waals surface area contributed by atoms with Crippen molar-refractivity contribution in [2.45, 2.75) is 76.1 Å². The highest BCUT2D eigenvalue weighted by atomic mass is 19.1. The van der Waals surface area contributed by atoms with Crippen LogP contribution in [0.4, 0.5) is 9.18 Å². The second kappa shape index (κ2) is 21.4. The van der Waals surface area contributed by atoms with E-state index in [0.29, 0.717) is 5.69 Å². The third-order valence-electron chi connectivity index (χ3n) is 7.06. The topological polar surface area (TPSA) is 309 Å². The van der Waals surface area contributed by atoms with Gasteiger partial charge in [0, 0.05) is 36.9 Å². The lowest BCUT2D eigenvalue weighted by Gasteiger charge is -2.18. The number of benzene rings is 1. The van der Waals surface area contributed by atoms with Crippen molar-refractivity contribution in [3.8, 4) is 5.69 Å². The number of carbonyl (C=O) groups is 7. The normalized spacial score (nSPS) is 12.6. The number of hydrogen-bond acceptors (Lipinski definition) is 11. The standard InChI is InChI=1S/C30H40FN7O13/c31-10-3-4-19-15-38(37-36-19)20-13-17(12-18(14-20)27(45)35-23(51-16-39)7-9-25(42)43)26(44)32-11-2-1-5-21(28(46)47)33-30(50)34-22(29(48)49)6-8-24(40)41/h12-15,21-23,39H,1-11,16H2,(H,32,44)(H,35,45)(H,40,41)(H,42,43)(H,46,47)(H,48,49)(H2,33,34,50)/t21-,22-,23+/m0/s1. The number of aliphatic hydroxyl groups is 1. The van der Waals surface area contributed by atoms with Crippen LogP contribution in [0.2, 0.25) is 0 Å². The zero-order valence-electron chi connectivity index (χ0n) is 27.2. The minimum atomic E-state index is -1.56. The van der Waals surface area contributed by atoms with E-state index in [2.05, 4.69) is 26.3 Å². The van der Waals surface area contributed by atoms with Crippen molar-refractivity contribution in [3.05, 3.63) is 41.2 Å². The molecule has 0 fully saturated rings. The predicted molar refractivity (Wildman–Crippen MR) is 170 cm³/mol. The quantitative estimate of drug-likeness (QED) is 0.0509. The van der Waals surface area contributed by atoms with Crippen molar-refractivity contribution in [3.63, 3.8) is 0 Å². The van der Waals surface area contributed by atoms with Gasteiger partial charge in [0.05, 0.1) is 24.3 Å². The molecule has 9 N–H and O–H groups in total. The van der Waals surface area contributed by atoms with Crippen LogP contribution in [0.25, 0.3) is 5.69 Å². The number of carboxylic acid groups (broad SMARTS) is 4. The van der Waals surface area contributed by atoms with Gasteiger partial charge in [-0.3, -0.25) is 23.6 Å². The molecule has 51 heavy (non-hydrogen) atoms. The molecule has 0 saturated heterocycles. The molecule has 1 aromatic carbocycles. The van der Waals surface area contributed by atoms with Crippen LogP contribution in [0.3, 0.4) is 0 Å². The summed E-state index contributed by atoms with van der Waals surface area (Å²) in [6.07, 6.45) is -0.417. The zero-order valence-corrected chi connectivity index (χ0v) is 27.2. The maximum atomic E-state index is 13.2. The SMILES string of the molecule is O=C(O)CC[C@H](NC(=O)c1cc(C(=O)NCCCC[C@H](NC(=O)N[C@@H](CCC(=O)O)C(=O)O)C(=O)O)cc(-n2cc(CCCF)nn2)c1)OCO. The fourth-order valence-corrected chi connectivity index (χ4v) is 4.48. The Balaban J connectivity index is 2.10. The number of aromatic nitrogens is 3. The van der Waals surface area contributed by atoms with Crippen LogP contribution in [-0.4, -0.2) is 121 Å². The number of aliphatic hydroxyl groups excluding tert-OH is 1. The molecule has 0 saturated carbocycles. The van der Waals surface area contributed by atoms with Gasteiger partial charge >= 0.3 is 29.9 Å². The Labute approximate surface area is 289 Å². The van der Waals surface area contributed by atoms with Gasteiger partial charge in [0.15, 0.2) is 0 Å². The van der Waals surface area contributed by atoms with Crippen molar-refractivity contribution in [1.29, 1.82) is 0 Å². The Kier molecular flexibility index (Phi) is 17.4. The highest BCUT2D eigenvalue weighted by Gasteiger charge is 2.25. The third kappa shape index (κ3) is 15.2. The lowest BCUT2D eigenvalue weighted by molar-refractivity contribution is -0.141. The van der Waals surface area contributed by atoms with Crippen LogP contribution in [0.5, 0.6) is 0 Å². The van der Waals surface area contributed by atoms with Crippen LogP contribution in [0.15, 0.2) is 24.4 Å². The summed E-state index contributed by atoms with van der Waals surface area (Å²) < 4.78 is 18.9. The van der Waals surface area contributed by atoms with E-state index >= 15 is 0 Å². The summed E-state index contributed by atoms with van der Waals surface area (Å²) in [5.41, 5.74) is 0.590. The Morgan fingerprint density at radius 3 is 1.98 bits per heavy atom. The minimum absolute atomic E-state index is 0.0127. The fourth-order valence-electron chi connectivity index (χ4n) is 4.48. The van der Waals surface area contributed by atoms with Crippen LogP contribution >= 0.6 is 0 Å². The predicted octanol–water partition coefficient (Wildman–Crippen LogP) is 0.0270. The summed E-state index contributed by atoms with van der Waals surface area (Å²) in [5.74, 6) is -6.77. The number of amides is 4. The Morgan fingerprint density at radius 1 is 0.784 bits per heavy atom. The minimum Gasteiger partial charge on any atom is -0.481 e. The molecule has 0 radical (unpaired) electrons. The van der Waals surface area contributed by atoms with Gasteiger partial charge in [0.1, 0.15) is 25.1 Å². The number of aliphatic carboxylic acids is 4. The monoisotopic (exact) mass is 725 g/mol. The van der Waals surface area contributed by atoms with Gasteiger partial charge in [-0.1, -0.05) is 5.21 Å². The lowest BCUT2D eigenvalue weighted by atomic mass is 10.1. The first-order valence-electron chi connectivity index (χ1n) is 15.6. The number of urea groups is 1. The Morgan fingerprint density at radius 2 is 1.39 bits per heavy atom. The molecule has 1 aromatic heterocycles. The third-order valence-corrected chi connectivity index (χ3v) is 7.06. The average Bonchev–Trinajstić information content (AvgIpc) is 3.56. The van der Waals surface area contributed by atoms with Gasteiger partial charge in [0.25, 0.3) is 11.8 Å². The second-order valence-electron chi connectivity index (χ2n) is 11.0. The molecule has 0 spiro atoms. The van der Waals surface area contributed by atoms with Gasteiger partial charge in [0.2, 0.25) is 0 Å². The van der Waals surface area contributed by atoms with E-state index in [-0.39, 0.29) is 68.3 Å². The number of carboxylic acids is 4. The summed E-state index contributed by atoms with van der Waals surface area (Å²) in [5, 5.41) is 62.7. The number of halogens is 1. The molecule has 0 unspecified atom stereocenters. The first-order valence-corrected chi connectivity index (χ1v) is 15.6. The molecular weight excluding hydrogens is 685 g/mol. The molecule has 3 atom stereocenters. The molecule has 2 rings (SSSR count). The van der Waals surface area contributed by atoms with Gasteiger partial charge < -0.3 is 51.5 Å². The van der Waals surface area contributed by atoms with Crippen molar-refractivity contribution >= 4 is 41.7 Å². The summed E-state index contributed by atoms with van der Waals surface area (Å²) in [4.78, 5) is 83.2. The summed E-state index contributed by atoms with van der Waals surface area (Å²) >= 11 is 0. The lowest BCUT2D eigenvalue weighted by Crippen LogP contribution is -2.51. The molecule has 1 heterocycles. The fraction of sp³-hybridized carbons (Fsp3) is 0.500. The van der Waals surface area contributed by atoms with E-state index in [4.69, 9.17) is 20.1 Å². The molecular formula is C30H40FN7O13. The molecule has 2 aromatic rings. The number of nitrogens with one attached hydrogen (secondary N) is 4. The number of carbonyl (C=O) groups excluding carboxylic acids is 3. The van der Waals surface area contributed by atoms with E-state index in [1.165, 1.54) is 29.1 Å². The molecule has 21 heteroatoms. The van der Waals surface area contributed by atoms with Gasteiger partial charge in [-0.2, -0.15) is 0 Å². The van der Waals surface area contributed by atoms with Crippen LogP contribution in [0, 0.1) is 0 Å². The molecule has 0 aliphatic carbocycles.